The summed E-state index contributed by atoms with van der Waals surface area (Å²) in [6, 6.07) is 0. The van der Waals surface area contributed by atoms with Gasteiger partial charge in [0.2, 0.25) is 0 Å². The predicted octanol–water partition coefficient (Wildman–Crippen LogP) is 6.56. The Labute approximate surface area is 163 Å². The Bertz CT molecular complexity index is 262. The zero-order valence-electron chi connectivity index (χ0n) is 16.7. The summed E-state index contributed by atoms with van der Waals surface area (Å²) in [5, 5.41) is 0. The average molecular weight is 378 g/mol. The summed E-state index contributed by atoms with van der Waals surface area (Å²) >= 11 is 0. The van der Waals surface area contributed by atoms with Crippen molar-refractivity contribution in [2.45, 2.75) is 116 Å². The van der Waals surface area contributed by atoms with Gasteiger partial charge in [0.1, 0.15) is 0 Å². The molecule has 0 radical (unpaired) electrons. The van der Waals surface area contributed by atoms with Crippen molar-refractivity contribution < 1.29 is 9.53 Å². The summed E-state index contributed by atoms with van der Waals surface area (Å²) in [6.45, 7) is 3.23. The van der Waals surface area contributed by atoms with Crippen LogP contribution in [0.4, 0.5) is 0 Å². The Morgan fingerprint density at radius 1 is 0.680 bits per heavy atom. The third-order valence-corrected chi connectivity index (χ3v) is 4.61. The summed E-state index contributed by atoms with van der Waals surface area (Å²) in [6.07, 6.45) is 22.1. The van der Waals surface area contributed by atoms with E-state index in [4.69, 9.17) is 10.5 Å². The highest BCUT2D eigenvalue weighted by atomic mass is 35.5. The fourth-order valence-corrected chi connectivity index (χ4v) is 3.03. The van der Waals surface area contributed by atoms with Crippen molar-refractivity contribution in [1.29, 1.82) is 0 Å². The highest BCUT2D eigenvalue weighted by Crippen LogP contribution is 2.13. The second-order valence-corrected chi connectivity index (χ2v) is 7.06. The summed E-state index contributed by atoms with van der Waals surface area (Å²) in [4.78, 5) is 11.1. The number of esters is 1. The third kappa shape index (κ3) is 23.7. The minimum Gasteiger partial charge on any atom is -0.466 e. The summed E-state index contributed by atoms with van der Waals surface area (Å²) in [5.74, 6) is -0.154. The first-order valence-electron chi connectivity index (χ1n) is 10.7. The van der Waals surface area contributed by atoms with Gasteiger partial charge in [0.15, 0.2) is 0 Å². The Balaban J connectivity index is 0. The normalized spacial score (nSPS) is 10.5. The van der Waals surface area contributed by atoms with Crippen molar-refractivity contribution in [3.63, 3.8) is 0 Å². The molecule has 2 N–H and O–H groups in total. The van der Waals surface area contributed by atoms with Crippen molar-refractivity contribution in [2.24, 2.45) is 5.73 Å². The minimum absolute atomic E-state index is 0. The van der Waals surface area contributed by atoms with E-state index in [1.165, 1.54) is 96.3 Å². The lowest BCUT2D eigenvalue weighted by atomic mass is 10.0. The van der Waals surface area contributed by atoms with Gasteiger partial charge in [0.25, 0.3) is 0 Å². The minimum atomic E-state index is -0.154. The first-order valence-corrected chi connectivity index (χ1v) is 10.7. The quantitative estimate of drug-likeness (QED) is 0.205. The van der Waals surface area contributed by atoms with Crippen LogP contribution in [0.25, 0.3) is 0 Å². The first-order chi connectivity index (χ1) is 11.8. The van der Waals surface area contributed by atoms with E-state index in [-0.39, 0.29) is 18.4 Å². The number of rotatable bonds is 19. The number of nitrogens with two attached hydrogens (primary N) is 1. The second-order valence-electron chi connectivity index (χ2n) is 7.06. The van der Waals surface area contributed by atoms with Gasteiger partial charge in [-0.1, -0.05) is 103 Å². The molecule has 0 heterocycles. The summed E-state index contributed by atoms with van der Waals surface area (Å²) in [5.41, 5.74) is 5.29. The van der Waals surface area contributed by atoms with E-state index in [9.17, 15) is 4.79 Å². The topological polar surface area (TPSA) is 52.3 Å². The molecule has 152 valence electrons. The molecule has 4 heteroatoms. The number of unbranched alkanes of at least 4 members (excludes halogenated alkanes) is 15. The lowest BCUT2D eigenvalue weighted by molar-refractivity contribution is -0.143. The van der Waals surface area contributed by atoms with Crippen LogP contribution in [0.2, 0.25) is 0 Å². The monoisotopic (exact) mass is 377 g/mol. The van der Waals surface area contributed by atoms with Crippen LogP contribution in [0.5, 0.6) is 0 Å². The van der Waals surface area contributed by atoms with Crippen molar-refractivity contribution in [3.8, 4) is 0 Å². The largest absolute Gasteiger partial charge is 0.466 e. The maximum Gasteiger partial charge on any atom is 0.307 e. The zero-order valence-corrected chi connectivity index (χ0v) is 17.6. The van der Waals surface area contributed by atoms with Crippen molar-refractivity contribution >= 4 is 18.4 Å². The highest BCUT2D eigenvalue weighted by Gasteiger charge is 2.00. The summed E-state index contributed by atoms with van der Waals surface area (Å²) in [7, 11) is 0. The molecular formula is C21H44ClNO2. The van der Waals surface area contributed by atoms with Crippen LogP contribution in [0.1, 0.15) is 116 Å². The second kappa shape index (κ2) is 23.7. The first kappa shape index (κ1) is 26.9. The number of hydrogen-bond donors (Lipinski definition) is 1. The lowest BCUT2D eigenvalue weighted by Crippen LogP contribution is -2.11. The van der Waals surface area contributed by atoms with E-state index in [1.807, 2.05) is 0 Å². The number of hydrogen-bond acceptors (Lipinski definition) is 3. The van der Waals surface area contributed by atoms with Gasteiger partial charge in [-0.05, 0) is 6.42 Å². The van der Waals surface area contributed by atoms with Crippen molar-refractivity contribution in [2.75, 3.05) is 13.2 Å². The van der Waals surface area contributed by atoms with Gasteiger partial charge in [-0.2, -0.15) is 0 Å². The van der Waals surface area contributed by atoms with Gasteiger partial charge in [-0.3, -0.25) is 4.79 Å². The van der Waals surface area contributed by atoms with E-state index in [0.29, 0.717) is 19.6 Å². The van der Waals surface area contributed by atoms with E-state index < -0.39 is 0 Å². The van der Waals surface area contributed by atoms with Crippen LogP contribution in [0.15, 0.2) is 0 Å². The molecule has 0 aromatic heterocycles. The standard InChI is InChI=1S/C21H43NO2.ClH/c1-2-3-4-5-6-7-8-9-10-11-12-13-14-15-16-17-20-24-21(23)18-19-22;/h2-20,22H2,1H3;1H. The fourth-order valence-electron chi connectivity index (χ4n) is 3.03. The van der Waals surface area contributed by atoms with Gasteiger partial charge < -0.3 is 10.5 Å². The Hall–Kier alpha value is -0.280. The number of ether oxygens (including phenoxy) is 1. The SMILES string of the molecule is CCCCCCCCCCCCCCCCCCOC(=O)CCN.Cl. The average Bonchev–Trinajstić information content (AvgIpc) is 2.58. The van der Waals surface area contributed by atoms with Crippen molar-refractivity contribution in [1.82, 2.24) is 0 Å². The van der Waals surface area contributed by atoms with Crippen LogP contribution in [0, 0.1) is 0 Å². The van der Waals surface area contributed by atoms with Crippen LogP contribution >= 0.6 is 12.4 Å². The molecule has 0 aliphatic carbocycles. The number of halogens is 1. The molecule has 0 fully saturated rings. The molecule has 0 spiro atoms. The molecule has 0 atom stereocenters. The van der Waals surface area contributed by atoms with E-state index >= 15 is 0 Å². The predicted molar refractivity (Wildman–Crippen MR) is 111 cm³/mol. The van der Waals surface area contributed by atoms with Gasteiger partial charge in [0.05, 0.1) is 13.0 Å². The molecule has 0 aromatic carbocycles. The van der Waals surface area contributed by atoms with Gasteiger partial charge in [-0.15, -0.1) is 12.4 Å². The molecule has 0 bridgehead atoms. The smallest absolute Gasteiger partial charge is 0.307 e. The van der Waals surface area contributed by atoms with Crippen LogP contribution < -0.4 is 5.73 Å². The van der Waals surface area contributed by atoms with Crippen LogP contribution in [-0.2, 0) is 9.53 Å². The number of carbonyl (C=O) groups excluding carboxylic acids is 1. The highest BCUT2D eigenvalue weighted by molar-refractivity contribution is 5.85. The molecule has 0 aromatic rings. The van der Waals surface area contributed by atoms with Crippen LogP contribution in [-0.4, -0.2) is 19.1 Å². The maximum atomic E-state index is 11.1. The van der Waals surface area contributed by atoms with Gasteiger partial charge in [0, 0.05) is 6.54 Å². The van der Waals surface area contributed by atoms with Crippen molar-refractivity contribution in [3.05, 3.63) is 0 Å². The molecule has 0 rings (SSSR count). The van der Waals surface area contributed by atoms with Crippen LogP contribution in [0.3, 0.4) is 0 Å². The molecule has 3 nitrogen and oxygen atoms in total. The molecule has 0 saturated heterocycles. The Kier molecular flexibility index (Phi) is 25.6. The molecule has 0 aliphatic heterocycles. The lowest BCUT2D eigenvalue weighted by Gasteiger charge is -2.04. The third-order valence-electron chi connectivity index (χ3n) is 4.61. The van der Waals surface area contributed by atoms with E-state index in [2.05, 4.69) is 6.92 Å². The van der Waals surface area contributed by atoms with E-state index in [1.54, 1.807) is 0 Å². The fraction of sp³-hybridized carbons (Fsp3) is 0.952. The molecule has 0 saturated carbocycles. The molecular weight excluding hydrogens is 334 g/mol. The maximum absolute atomic E-state index is 11.1. The number of carbonyl (C=O) groups is 1. The van der Waals surface area contributed by atoms with E-state index in [0.717, 1.165) is 6.42 Å². The molecule has 0 amide bonds. The molecule has 25 heavy (non-hydrogen) atoms. The van der Waals surface area contributed by atoms with Gasteiger partial charge in [-0.25, -0.2) is 0 Å². The zero-order chi connectivity index (χ0) is 17.7. The van der Waals surface area contributed by atoms with Gasteiger partial charge >= 0.3 is 5.97 Å². The summed E-state index contributed by atoms with van der Waals surface area (Å²) < 4.78 is 5.08. The Morgan fingerprint density at radius 3 is 1.40 bits per heavy atom. The molecule has 0 aliphatic rings. The molecule has 0 unspecified atom stereocenters. The Morgan fingerprint density at radius 2 is 1.04 bits per heavy atom.